The summed E-state index contributed by atoms with van der Waals surface area (Å²) in [4.78, 5) is 25.3. The number of anilines is 1. The van der Waals surface area contributed by atoms with Crippen LogP contribution in [0.15, 0.2) is 66.3 Å². The SMILES string of the molecule is C=CCn1c(SCC(=O)Nc2ccc(F)cc2)nnc1[C@H](NC(=O)c1cccc(C)c1)C(C)C. The maximum absolute atomic E-state index is 13.1. The Balaban J connectivity index is 1.74. The van der Waals surface area contributed by atoms with Crippen LogP contribution in [0.1, 0.15) is 41.6 Å². The van der Waals surface area contributed by atoms with Crippen LogP contribution in [0.5, 0.6) is 0 Å². The Morgan fingerprint density at radius 1 is 1.18 bits per heavy atom. The monoisotopic (exact) mass is 481 g/mol. The average Bonchev–Trinajstić information content (AvgIpc) is 3.19. The molecular weight excluding hydrogens is 453 g/mol. The molecule has 2 aromatic carbocycles. The number of aryl methyl sites for hydroxylation is 1. The average molecular weight is 482 g/mol. The van der Waals surface area contributed by atoms with Crippen LogP contribution < -0.4 is 10.6 Å². The molecular formula is C25H28FN5O2S. The zero-order valence-corrected chi connectivity index (χ0v) is 20.2. The van der Waals surface area contributed by atoms with E-state index < -0.39 is 0 Å². The largest absolute Gasteiger partial charge is 0.342 e. The van der Waals surface area contributed by atoms with Gasteiger partial charge in [0.05, 0.1) is 11.8 Å². The summed E-state index contributed by atoms with van der Waals surface area (Å²) < 4.78 is 14.9. The second-order valence-electron chi connectivity index (χ2n) is 8.15. The molecule has 0 aliphatic rings. The van der Waals surface area contributed by atoms with E-state index in [1.54, 1.807) is 12.1 Å². The second kappa shape index (κ2) is 11.6. The first kappa shape index (κ1) is 25.2. The van der Waals surface area contributed by atoms with Gasteiger partial charge in [0, 0.05) is 17.8 Å². The zero-order chi connectivity index (χ0) is 24.7. The van der Waals surface area contributed by atoms with Crippen LogP contribution in [0.3, 0.4) is 0 Å². The van der Waals surface area contributed by atoms with Gasteiger partial charge in [0.25, 0.3) is 5.91 Å². The fourth-order valence-corrected chi connectivity index (χ4v) is 4.09. The molecule has 1 atom stereocenters. The minimum absolute atomic E-state index is 0.0427. The third kappa shape index (κ3) is 6.54. The van der Waals surface area contributed by atoms with Crippen molar-refractivity contribution in [2.24, 2.45) is 5.92 Å². The minimum Gasteiger partial charge on any atom is -0.342 e. The Morgan fingerprint density at radius 2 is 1.91 bits per heavy atom. The molecule has 7 nitrogen and oxygen atoms in total. The number of allylic oxidation sites excluding steroid dienone is 1. The maximum Gasteiger partial charge on any atom is 0.251 e. The van der Waals surface area contributed by atoms with Gasteiger partial charge in [0.15, 0.2) is 11.0 Å². The van der Waals surface area contributed by atoms with Crippen molar-refractivity contribution in [3.05, 3.63) is 84.0 Å². The Bertz CT molecular complexity index is 1160. The van der Waals surface area contributed by atoms with E-state index in [1.807, 2.05) is 43.5 Å². The number of nitrogens with one attached hydrogen (secondary N) is 2. The zero-order valence-electron chi connectivity index (χ0n) is 19.4. The quantitative estimate of drug-likeness (QED) is 0.322. The summed E-state index contributed by atoms with van der Waals surface area (Å²) in [6.07, 6.45) is 1.72. The van der Waals surface area contributed by atoms with Crippen LogP contribution in [-0.4, -0.2) is 32.3 Å². The number of thioether (sulfide) groups is 1. The van der Waals surface area contributed by atoms with E-state index in [0.29, 0.717) is 28.8 Å². The molecule has 0 radical (unpaired) electrons. The van der Waals surface area contributed by atoms with Crippen molar-refractivity contribution in [3.8, 4) is 0 Å². The molecule has 34 heavy (non-hydrogen) atoms. The first-order valence-electron chi connectivity index (χ1n) is 10.9. The van der Waals surface area contributed by atoms with Crippen LogP contribution in [0, 0.1) is 18.7 Å². The standard InChI is InChI=1S/C25H28FN5O2S/c1-5-13-31-23(22(16(2)3)28-24(33)18-8-6-7-17(4)14-18)29-30-25(31)34-15-21(32)27-20-11-9-19(26)10-12-20/h5-12,14,16,22H,1,13,15H2,2-4H3,(H,27,32)(H,28,33)/t22-/m1/s1. The van der Waals surface area contributed by atoms with Gasteiger partial charge >= 0.3 is 0 Å². The molecule has 0 unspecified atom stereocenters. The smallest absolute Gasteiger partial charge is 0.251 e. The molecule has 1 aromatic heterocycles. The van der Waals surface area contributed by atoms with Gasteiger partial charge < -0.3 is 15.2 Å². The number of benzene rings is 2. The fraction of sp³-hybridized carbons (Fsp3) is 0.280. The summed E-state index contributed by atoms with van der Waals surface area (Å²) in [5.74, 6) is -0.0812. The van der Waals surface area contributed by atoms with Crippen LogP contribution >= 0.6 is 11.8 Å². The summed E-state index contributed by atoms with van der Waals surface area (Å²) >= 11 is 1.23. The van der Waals surface area contributed by atoms with Crippen molar-refractivity contribution in [3.63, 3.8) is 0 Å². The maximum atomic E-state index is 13.1. The van der Waals surface area contributed by atoms with E-state index in [-0.39, 0.29) is 35.3 Å². The molecule has 0 aliphatic carbocycles. The van der Waals surface area contributed by atoms with Gasteiger partial charge in [-0.1, -0.05) is 49.4 Å². The Kier molecular flexibility index (Phi) is 8.59. The van der Waals surface area contributed by atoms with Crippen molar-refractivity contribution < 1.29 is 14.0 Å². The van der Waals surface area contributed by atoms with Crippen LogP contribution in [-0.2, 0) is 11.3 Å². The number of carbonyl (C=O) groups excluding carboxylic acids is 2. The molecule has 2 N–H and O–H groups in total. The number of carbonyl (C=O) groups is 2. The third-order valence-electron chi connectivity index (χ3n) is 5.03. The van der Waals surface area contributed by atoms with Gasteiger partial charge in [0.1, 0.15) is 5.82 Å². The van der Waals surface area contributed by atoms with Crippen molar-refractivity contribution in [2.75, 3.05) is 11.1 Å². The minimum atomic E-state index is -0.386. The summed E-state index contributed by atoms with van der Waals surface area (Å²) in [6.45, 7) is 10.2. The van der Waals surface area contributed by atoms with Gasteiger partial charge in [-0.15, -0.1) is 16.8 Å². The van der Waals surface area contributed by atoms with Crippen molar-refractivity contribution in [2.45, 2.75) is 38.5 Å². The highest BCUT2D eigenvalue weighted by Gasteiger charge is 2.26. The number of rotatable bonds is 10. The lowest BCUT2D eigenvalue weighted by atomic mass is 10.0. The normalized spacial score (nSPS) is 11.8. The number of amides is 2. The Labute approximate surface area is 202 Å². The van der Waals surface area contributed by atoms with Crippen molar-refractivity contribution >= 4 is 29.3 Å². The topological polar surface area (TPSA) is 88.9 Å². The van der Waals surface area contributed by atoms with Crippen LogP contribution in [0.25, 0.3) is 0 Å². The van der Waals surface area contributed by atoms with E-state index in [9.17, 15) is 14.0 Å². The summed E-state index contributed by atoms with van der Waals surface area (Å²) in [5.41, 5.74) is 2.09. The predicted octanol–water partition coefficient (Wildman–Crippen LogP) is 4.77. The van der Waals surface area contributed by atoms with Gasteiger partial charge in [-0.2, -0.15) is 0 Å². The number of hydrogen-bond acceptors (Lipinski definition) is 5. The Morgan fingerprint density at radius 3 is 2.56 bits per heavy atom. The van der Waals surface area contributed by atoms with Gasteiger partial charge in [-0.25, -0.2) is 4.39 Å². The molecule has 0 aliphatic heterocycles. The summed E-state index contributed by atoms with van der Waals surface area (Å²) in [6, 6.07) is 12.6. The summed E-state index contributed by atoms with van der Waals surface area (Å²) in [5, 5.41) is 15.0. The molecule has 3 rings (SSSR count). The molecule has 0 fully saturated rings. The molecule has 0 saturated heterocycles. The van der Waals surface area contributed by atoms with Crippen LogP contribution in [0.2, 0.25) is 0 Å². The van der Waals surface area contributed by atoms with E-state index in [2.05, 4.69) is 27.4 Å². The number of nitrogens with zero attached hydrogens (tertiary/aromatic N) is 3. The lowest BCUT2D eigenvalue weighted by Crippen LogP contribution is -2.34. The number of aromatic nitrogens is 3. The van der Waals surface area contributed by atoms with Crippen molar-refractivity contribution in [1.29, 1.82) is 0 Å². The van der Waals surface area contributed by atoms with Crippen LogP contribution in [0.4, 0.5) is 10.1 Å². The van der Waals surface area contributed by atoms with Gasteiger partial charge in [0.2, 0.25) is 5.91 Å². The lowest BCUT2D eigenvalue weighted by Gasteiger charge is -2.22. The van der Waals surface area contributed by atoms with Gasteiger partial charge in [-0.3, -0.25) is 9.59 Å². The fourth-order valence-electron chi connectivity index (χ4n) is 3.34. The molecule has 178 valence electrons. The molecule has 9 heteroatoms. The van der Waals surface area contributed by atoms with E-state index in [4.69, 9.17) is 0 Å². The lowest BCUT2D eigenvalue weighted by molar-refractivity contribution is -0.113. The first-order valence-corrected chi connectivity index (χ1v) is 11.9. The second-order valence-corrected chi connectivity index (χ2v) is 9.09. The molecule has 0 bridgehead atoms. The summed E-state index contributed by atoms with van der Waals surface area (Å²) in [7, 11) is 0. The van der Waals surface area contributed by atoms with E-state index >= 15 is 0 Å². The predicted molar refractivity (Wildman–Crippen MR) is 132 cm³/mol. The molecule has 2 amide bonds. The van der Waals surface area contributed by atoms with E-state index in [1.165, 1.54) is 36.0 Å². The molecule has 0 saturated carbocycles. The third-order valence-corrected chi connectivity index (χ3v) is 6.00. The number of hydrogen-bond donors (Lipinski definition) is 2. The number of halogens is 1. The highest BCUT2D eigenvalue weighted by molar-refractivity contribution is 7.99. The van der Waals surface area contributed by atoms with Gasteiger partial charge in [-0.05, 0) is 49.2 Å². The first-order chi connectivity index (χ1) is 16.3. The highest BCUT2D eigenvalue weighted by atomic mass is 32.2. The molecule has 3 aromatic rings. The molecule has 0 spiro atoms. The highest BCUT2D eigenvalue weighted by Crippen LogP contribution is 2.26. The molecule has 1 heterocycles. The van der Waals surface area contributed by atoms with Crippen molar-refractivity contribution in [1.82, 2.24) is 20.1 Å². The van der Waals surface area contributed by atoms with E-state index in [0.717, 1.165) is 5.56 Å². The Hall–Kier alpha value is -3.46.